The largest absolute Gasteiger partial charge is 0.383 e. The zero-order chi connectivity index (χ0) is 12.0. The van der Waals surface area contributed by atoms with Crippen LogP contribution in [0.25, 0.3) is 0 Å². The molecule has 0 amide bonds. The highest BCUT2D eigenvalue weighted by atomic mass is 14.8. The van der Waals surface area contributed by atoms with Gasteiger partial charge < -0.3 is 5.73 Å². The van der Waals surface area contributed by atoms with Gasteiger partial charge >= 0.3 is 0 Å². The Morgan fingerprint density at radius 1 is 1.31 bits per heavy atom. The molecule has 0 spiro atoms. The first-order valence-corrected chi connectivity index (χ1v) is 6.37. The molecular weight excluding hydrogens is 196 g/mol. The molecule has 0 aliphatic heterocycles. The van der Waals surface area contributed by atoms with Crippen LogP contribution >= 0.6 is 0 Å². The van der Waals surface area contributed by atoms with Crippen LogP contribution in [0.3, 0.4) is 0 Å². The average molecular weight is 220 g/mol. The zero-order valence-electron chi connectivity index (χ0n) is 10.8. The van der Waals surface area contributed by atoms with Gasteiger partial charge in [0.05, 0.1) is 0 Å². The van der Waals surface area contributed by atoms with Crippen LogP contribution in [0.15, 0.2) is 12.3 Å². The number of hydrogen-bond acceptors (Lipinski definition) is 2. The van der Waals surface area contributed by atoms with E-state index in [4.69, 9.17) is 5.73 Å². The molecule has 0 fully saturated rings. The molecule has 1 rings (SSSR count). The van der Waals surface area contributed by atoms with Gasteiger partial charge in [-0.2, -0.15) is 0 Å². The number of pyridine rings is 1. The lowest BCUT2D eigenvalue weighted by atomic mass is 9.92. The molecule has 0 aliphatic carbocycles. The SMILES string of the molecule is CCCCCCC(C)c1ccnc(N)c1C. The second-order valence-electron chi connectivity index (χ2n) is 4.66. The smallest absolute Gasteiger partial charge is 0.126 e. The predicted molar refractivity (Wildman–Crippen MR) is 70.6 cm³/mol. The maximum Gasteiger partial charge on any atom is 0.126 e. The lowest BCUT2D eigenvalue weighted by Crippen LogP contribution is -2.02. The first-order chi connectivity index (χ1) is 7.66. The fourth-order valence-corrected chi connectivity index (χ4v) is 2.13. The Balaban J connectivity index is 2.52. The van der Waals surface area contributed by atoms with Gasteiger partial charge in [-0.3, -0.25) is 0 Å². The van der Waals surface area contributed by atoms with Crippen molar-refractivity contribution in [2.75, 3.05) is 5.73 Å². The summed E-state index contributed by atoms with van der Waals surface area (Å²) in [7, 11) is 0. The molecular formula is C14H24N2. The number of hydrogen-bond donors (Lipinski definition) is 1. The van der Waals surface area contributed by atoms with Crippen molar-refractivity contribution >= 4 is 5.82 Å². The van der Waals surface area contributed by atoms with E-state index in [9.17, 15) is 0 Å². The Kier molecular flexibility index (Phi) is 5.30. The third kappa shape index (κ3) is 3.51. The van der Waals surface area contributed by atoms with E-state index in [2.05, 4.69) is 31.8 Å². The van der Waals surface area contributed by atoms with Crippen molar-refractivity contribution < 1.29 is 0 Å². The van der Waals surface area contributed by atoms with E-state index in [0.29, 0.717) is 11.7 Å². The van der Waals surface area contributed by atoms with E-state index < -0.39 is 0 Å². The molecule has 0 saturated heterocycles. The number of aromatic nitrogens is 1. The van der Waals surface area contributed by atoms with Crippen LogP contribution in [-0.2, 0) is 0 Å². The molecule has 0 aromatic carbocycles. The third-order valence-corrected chi connectivity index (χ3v) is 3.31. The number of nitrogen functional groups attached to an aromatic ring is 1. The van der Waals surface area contributed by atoms with Gasteiger partial charge in [0.25, 0.3) is 0 Å². The Labute approximate surface area is 99.3 Å². The fourth-order valence-electron chi connectivity index (χ4n) is 2.13. The van der Waals surface area contributed by atoms with Gasteiger partial charge in [0, 0.05) is 6.20 Å². The maximum atomic E-state index is 5.82. The quantitative estimate of drug-likeness (QED) is 0.735. The van der Waals surface area contributed by atoms with Gasteiger partial charge in [0.1, 0.15) is 5.82 Å². The summed E-state index contributed by atoms with van der Waals surface area (Å²) in [6.45, 7) is 6.60. The first-order valence-electron chi connectivity index (χ1n) is 6.37. The summed E-state index contributed by atoms with van der Waals surface area (Å²) in [4.78, 5) is 4.11. The highest BCUT2D eigenvalue weighted by Crippen LogP contribution is 2.26. The molecule has 0 saturated carbocycles. The lowest BCUT2D eigenvalue weighted by Gasteiger charge is -2.15. The van der Waals surface area contributed by atoms with Crippen LogP contribution in [0.5, 0.6) is 0 Å². The minimum atomic E-state index is 0.599. The van der Waals surface area contributed by atoms with Crippen molar-refractivity contribution in [2.24, 2.45) is 0 Å². The number of rotatable bonds is 6. The summed E-state index contributed by atoms with van der Waals surface area (Å²) >= 11 is 0. The number of nitrogens with two attached hydrogens (primary N) is 1. The molecule has 1 unspecified atom stereocenters. The van der Waals surface area contributed by atoms with Crippen LogP contribution in [0.2, 0.25) is 0 Å². The van der Waals surface area contributed by atoms with Crippen molar-refractivity contribution in [2.45, 2.75) is 58.8 Å². The lowest BCUT2D eigenvalue weighted by molar-refractivity contribution is 0.578. The maximum absolute atomic E-state index is 5.82. The van der Waals surface area contributed by atoms with Crippen molar-refractivity contribution in [3.8, 4) is 0 Å². The Morgan fingerprint density at radius 3 is 2.75 bits per heavy atom. The number of unbranched alkanes of at least 4 members (excludes halogenated alkanes) is 3. The van der Waals surface area contributed by atoms with Gasteiger partial charge in [0.2, 0.25) is 0 Å². The first kappa shape index (κ1) is 13.0. The van der Waals surface area contributed by atoms with Gasteiger partial charge in [0.15, 0.2) is 0 Å². The molecule has 1 atom stereocenters. The van der Waals surface area contributed by atoms with Crippen LogP contribution in [0.1, 0.15) is 63.0 Å². The molecule has 1 heterocycles. The molecule has 2 heteroatoms. The molecule has 0 radical (unpaired) electrons. The highest BCUT2D eigenvalue weighted by Gasteiger charge is 2.10. The van der Waals surface area contributed by atoms with Gasteiger partial charge in [-0.05, 0) is 36.5 Å². The predicted octanol–water partition coefficient (Wildman–Crippen LogP) is 4.05. The van der Waals surface area contributed by atoms with Gasteiger partial charge in [-0.1, -0.05) is 39.5 Å². The van der Waals surface area contributed by atoms with E-state index in [0.717, 1.165) is 5.56 Å². The highest BCUT2D eigenvalue weighted by molar-refractivity contribution is 5.44. The summed E-state index contributed by atoms with van der Waals surface area (Å²) in [5.41, 5.74) is 8.35. The number of nitrogens with zero attached hydrogens (tertiary/aromatic N) is 1. The molecule has 2 N–H and O–H groups in total. The Morgan fingerprint density at radius 2 is 2.06 bits per heavy atom. The summed E-state index contributed by atoms with van der Waals surface area (Å²) in [5.74, 6) is 1.28. The molecule has 2 nitrogen and oxygen atoms in total. The van der Waals surface area contributed by atoms with E-state index in [-0.39, 0.29) is 0 Å². The molecule has 1 aromatic rings. The van der Waals surface area contributed by atoms with Crippen molar-refractivity contribution in [3.63, 3.8) is 0 Å². The van der Waals surface area contributed by atoms with Crippen molar-refractivity contribution in [1.82, 2.24) is 4.98 Å². The van der Waals surface area contributed by atoms with E-state index >= 15 is 0 Å². The summed E-state index contributed by atoms with van der Waals surface area (Å²) in [6, 6.07) is 2.11. The number of anilines is 1. The normalized spacial score (nSPS) is 12.7. The topological polar surface area (TPSA) is 38.9 Å². The molecule has 16 heavy (non-hydrogen) atoms. The molecule has 1 aromatic heterocycles. The van der Waals surface area contributed by atoms with Crippen LogP contribution < -0.4 is 5.73 Å². The fraction of sp³-hybridized carbons (Fsp3) is 0.643. The van der Waals surface area contributed by atoms with Crippen LogP contribution in [0, 0.1) is 6.92 Å². The molecule has 0 aliphatic rings. The second-order valence-corrected chi connectivity index (χ2v) is 4.66. The van der Waals surface area contributed by atoms with Crippen LogP contribution in [0.4, 0.5) is 5.82 Å². The van der Waals surface area contributed by atoms with Gasteiger partial charge in [-0.15, -0.1) is 0 Å². The zero-order valence-corrected chi connectivity index (χ0v) is 10.8. The van der Waals surface area contributed by atoms with E-state index in [1.54, 1.807) is 0 Å². The van der Waals surface area contributed by atoms with E-state index in [1.165, 1.54) is 37.7 Å². The second kappa shape index (κ2) is 6.51. The minimum Gasteiger partial charge on any atom is -0.383 e. The van der Waals surface area contributed by atoms with E-state index in [1.807, 2.05) is 6.20 Å². The van der Waals surface area contributed by atoms with Gasteiger partial charge in [-0.25, -0.2) is 4.98 Å². The third-order valence-electron chi connectivity index (χ3n) is 3.31. The van der Waals surface area contributed by atoms with Crippen molar-refractivity contribution in [3.05, 3.63) is 23.4 Å². The van der Waals surface area contributed by atoms with Crippen molar-refractivity contribution in [1.29, 1.82) is 0 Å². The summed E-state index contributed by atoms with van der Waals surface area (Å²) < 4.78 is 0. The minimum absolute atomic E-state index is 0.599. The summed E-state index contributed by atoms with van der Waals surface area (Å²) in [6.07, 6.45) is 8.39. The van der Waals surface area contributed by atoms with Crippen LogP contribution in [-0.4, -0.2) is 4.98 Å². The standard InChI is InChI=1S/C14H24N2/c1-4-5-6-7-8-11(2)13-9-10-16-14(15)12(13)3/h9-11H,4-8H2,1-3H3,(H2,15,16). The average Bonchev–Trinajstić information content (AvgIpc) is 2.28. The Bertz CT molecular complexity index is 321. The summed E-state index contributed by atoms with van der Waals surface area (Å²) in [5, 5.41) is 0. The molecule has 90 valence electrons. The molecule has 0 bridgehead atoms. The monoisotopic (exact) mass is 220 g/mol. The Hall–Kier alpha value is -1.05.